The van der Waals surface area contributed by atoms with Crippen LogP contribution in [0.4, 0.5) is 0 Å². The molecule has 29 heavy (non-hydrogen) atoms. The van der Waals surface area contributed by atoms with Gasteiger partial charge in [-0.15, -0.1) is 0 Å². The zero-order chi connectivity index (χ0) is 20.4. The van der Waals surface area contributed by atoms with Crippen LogP contribution in [0.5, 0.6) is 0 Å². The van der Waals surface area contributed by atoms with Crippen molar-refractivity contribution in [2.75, 3.05) is 0 Å². The molecule has 3 heterocycles. The van der Waals surface area contributed by atoms with Crippen LogP contribution in [0.1, 0.15) is 36.8 Å². The van der Waals surface area contributed by atoms with Crippen LogP contribution in [0.3, 0.4) is 0 Å². The van der Waals surface area contributed by atoms with E-state index in [1.165, 1.54) is 11.2 Å². The summed E-state index contributed by atoms with van der Waals surface area (Å²) >= 11 is 0. The minimum atomic E-state index is -1.56. The molecule has 1 aromatic carbocycles. The number of hydrogen-bond acceptors (Lipinski definition) is 6. The van der Waals surface area contributed by atoms with Gasteiger partial charge in [0.2, 0.25) is 12.0 Å². The van der Waals surface area contributed by atoms with Crippen LogP contribution in [0.25, 0.3) is 6.08 Å². The quantitative estimate of drug-likeness (QED) is 0.622. The predicted molar refractivity (Wildman–Crippen MR) is 103 cm³/mol. The van der Waals surface area contributed by atoms with Gasteiger partial charge in [-0.25, -0.2) is 9.59 Å². The number of carbonyl (C=O) groups is 2. The lowest BCUT2D eigenvalue weighted by Crippen LogP contribution is -2.73. The van der Waals surface area contributed by atoms with Crippen LogP contribution >= 0.6 is 0 Å². The van der Waals surface area contributed by atoms with E-state index in [2.05, 4.69) is 4.99 Å². The Morgan fingerprint density at radius 1 is 1.31 bits per heavy atom. The fraction of sp³-hybridized carbons (Fsp3) is 0.381. The molecule has 1 N–H and O–H groups in total. The number of benzene rings is 1. The van der Waals surface area contributed by atoms with E-state index in [-0.39, 0.29) is 25.2 Å². The summed E-state index contributed by atoms with van der Waals surface area (Å²) < 4.78 is 6.11. The van der Waals surface area contributed by atoms with Crippen molar-refractivity contribution in [2.24, 2.45) is 4.99 Å². The molecule has 1 fully saturated rings. The number of carboxylic acids is 1. The predicted octanol–water partition coefficient (Wildman–Crippen LogP) is 2.23. The number of allylic oxidation sites excluding steroid dienone is 1. The van der Waals surface area contributed by atoms with Crippen LogP contribution in [0.2, 0.25) is 0 Å². The van der Waals surface area contributed by atoms with Gasteiger partial charge < -0.3 is 14.7 Å². The number of hydrogen-bond donors (Lipinski definition) is 1. The van der Waals surface area contributed by atoms with E-state index in [0.717, 1.165) is 11.1 Å². The number of aliphatic carboxylic acids is 1. The monoisotopic (exact) mass is 395 g/mol. The standard InChI is InChI=1S/C21H21N3O5/c25-14-22-18-9-8-17(20(27)28)24-19(26)7-3-4-12-29-21(18,24)23-11-10-15-5-1-2-6-16(15)13-23/h1-2,4-6,10-12,17-18H,3,7-9,13H2,(H,27,28)/b12-4-/t17-,18?,21?/m0/s1. The highest BCUT2D eigenvalue weighted by Crippen LogP contribution is 2.42. The maximum Gasteiger partial charge on any atom is 0.326 e. The van der Waals surface area contributed by atoms with Gasteiger partial charge in [0, 0.05) is 19.2 Å². The summed E-state index contributed by atoms with van der Waals surface area (Å²) in [5.41, 5.74) is 2.03. The first kappa shape index (κ1) is 19.0. The zero-order valence-electron chi connectivity index (χ0n) is 15.7. The number of isocyanates is 1. The topological polar surface area (TPSA) is 99.5 Å². The first-order valence-corrected chi connectivity index (χ1v) is 9.55. The number of aliphatic imine (C=N–C) groups is 1. The number of rotatable bonds is 3. The minimum absolute atomic E-state index is 0.150. The summed E-state index contributed by atoms with van der Waals surface area (Å²) in [6.07, 6.45) is 9.49. The molecule has 3 aliphatic rings. The Morgan fingerprint density at radius 2 is 2.14 bits per heavy atom. The van der Waals surface area contributed by atoms with Crippen molar-refractivity contribution in [1.29, 1.82) is 0 Å². The molecule has 1 aromatic rings. The fourth-order valence-corrected chi connectivity index (χ4v) is 4.36. The van der Waals surface area contributed by atoms with Gasteiger partial charge in [-0.2, -0.15) is 4.99 Å². The molecule has 0 aromatic heterocycles. The van der Waals surface area contributed by atoms with Gasteiger partial charge >= 0.3 is 5.97 Å². The number of amides is 1. The molecular weight excluding hydrogens is 374 g/mol. The molecule has 150 valence electrons. The highest BCUT2D eigenvalue weighted by atomic mass is 16.5. The van der Waals surface area contributed by atoms with Gasteiger partial charge in [0.25, 0.3) is 5.85 Å². The number of piperidine rings is 1. The number of carbonyl (C=O) groups excluding carboxylic acids is 2. The van der Waals surface area contributed by atoms with E-state index in [4.69, 9.17) is 4.74 Å². The van der Waals surface area contributed by atoms with Gasteiger partial charge in [0.05, 0.1) is 6.26 Å². The van der Waals surface area contributed by atoms with Crippen LogP contribution in [-0.2, 0) is 25.7 Å². The van der Waals surface area contributed by atoms with Gasteiger partial charge in [0.15, 0.2) is 0 Å². The average molecular weight is 395 g/mol. The Labute approximate surface area is 167 Å². The molecule has 4 rings (SSSR count). The average Bonchev–Trinajstić information content (AvgIpc) is 2.72. The Bertz CT molecular complexity index is 936. The smallest absolute Gasteiger partial charge is 0.326 e. The van der Waals surface area contributed by atoms with E-state index in [9.17, 15) is 19.5 Å². The van der Waals surface area contributed by atoms with E-state index >= 15 is 0 Å². The molecule has 3 atom stereocenters. The number of carboxylic acid groups (broad SMARTS) is 1. The molecule has 8 nitrogen and oxygen atoms in total. The first-order chi connectivity index (χ1) is 14.1. The lowest BCUT2D eigenvalue weighted by atomic mass is 9.89. The van der Waals surface area contributed by atoms with Crippen molar-refractivity contribution in [3.8, 4) is 0 Å². The van der Waals surface area contributed by atoms with Crippen molar-refractivity contribution in [3.05, 3.63) is 53.9 Å². The van der Waals surface area contributed by atoms with Gasteiger partial charge in [0.1, 0.15) is 12.1 Å². The largest absolute Gasteiger partial charge is 0.480 e. The Morgan fingerprint density at radius 3 is 2.93 bits per heavy atom. The molecule has 8 heteroatoms. The van der Waals surface area contributed by atoms with Crippen molar-refractivity contribution in [3.63, 3.8) is 0 Å². The zero-order valence-corrected chi connectivity index (χ0v) is 15.7. The van der Waals surface area contributed by atoms with Crippen LogP contribution in [-0.4, -0.2) is 50.8 Å². The van der Waals surface area contributed by atoms with Crippen molar-refractivity contribution >= 4 is 24.0 Å². The molecule has 2 unspecified atom stereocenters. The third-order valence-corrected chi connectivity index (χ3v) is 5.67. The fourth-order valence-electron chi connectivity index (χ4n) is 4.36. The second-order valence-corrected chi connectivity index (χ2v) is 7.26. The second kappa shape index (κ2) is 7.56. The highest BCUT2D eigenvalue weighted by molar-refractivity contribution is 5.85. The second-order valence-electron chi connectivity index (χ2n) is 7.26. The number of ether oxygens (including phenoxy) is 1. The van der Waals surface area contributed by atoms with Gasteiger partial charge in [-0.1, -0.05) is 24.3 Å². The van der Waals surface area contributed by atoms with Crippen molar-refractivity contribution in [1.82, 2.24) is 9.80 Å². The summed E-state index contributed by atoms with van der Waals surface area (Å²) in [7, 11) is 0. The van der Waals surface area contributed by atoms with E-state index in [0.29, 0.717) is 13.0 Å². The molecule has 3 aliphatic heterocycles. The Balaban J connectivity index is 1.89. The molecule has 0 radical (unpaired) electrons. The summed E-state index contributed by atoms with van der Waals surface area (Å²) in [5.74, 6) is -3.01. The van der Waals surface area contributed by atoms with Crippen molar-refractivity contribution < 1.29 is 24.2 Å². The Kier molecular flexibility index (Phi) is 4.94. The highest BCUT2D eigenvalue weighted by Gasteiger charge is 2.59. The normalized spacial score (nSPS) is 29.4. The van der Waals surface area contributed by atoms with Crippen molar-refractivity contribution in [2.45, 2.75) is 50.2 Å². The summed E-state index contributed by atoms with van der Waals surface area (Å²) in [5, 5.41) is 9.83. The van der Waals surface area contributed by atoms with Gasteiger partial charge in [-0.05, 0) is 42.5 Å². The van der Waals surface area contributed by atoms with Crippen LogP contribution in [0.15, 0.2) is 47.8 Å². The van der Waals surface area contributed by atoms with E-state index in [1.807, 2.05) is 30.3 Å². The van der Waals surface area contributed by atoms with Crippen LogP contribution in [0, 0.1) is 0 Å². The molecular formula is C21H21N3O5. The summed E-state index contributed by atoms with van der Waals surface area (Å²) in [6.45, 7) is 0.376. The first-order valence-electron chi connectivity index (χ1n) is 9.55. The SMILES string of the molecule is O=C=NC1CC[C@@H](C(=O)O)N2C(=O)CC/C=C\OC12N1C=Cc2ccccc2C1. The third-order valence-electron chi connectivity index (χ3n) is 5.67. The molecule has 0 saturated carbocycles. The summed E-state index contributed by atoms with van der Waals surface area (Å²) in [4.78, 5) is 43.3. The molecule has 0 bridgehead atoms. The molecule has 0 spiro atoms. The lowest BCUT2D eigenvalue weighted by Gasteiger charge is -2.56. The van der Waals surface area contributed by atoms with Crippen LogP contribution < -0.4 is 0 Å². The minimum Gasteiger partial charge on any atom is -0.480 e. The maximum atomic E-state index is 13.1. The number of nitrogens with zero attached hydrogens (tertiary/aromatic N) is 3. The summed E-state index contributed by atoms with van der Waals surface area (Å²) in [6, 6.07) is 5.93. The third kappa shape index (κ3) is 3.11. The van der Waals surface area contributed by atoms with E-state index < -0.39 is 23.9 Å². The molecule has 0 aliphatic carbocycles. The van der Waals surface area contributed by atoms with Gasteiger partial charge in [-0.3, -0.25) is 9.69 Å². The Hall–Kier alpha value is -3.38. The molecule has 1 saturated heterocycles. The van der Waals surface area contributed by atoms with E-state index in [1.54, 1.807) is 23.3 Å². The number of fused-ring (bicyclic) bond motifs is 2. The lowest BCUT2D eigenvalue weighted by molar-refractivity contribution is -0.246. The molecule has 1 amide bonds. The maximum absolute atomic E-state index is 13.1.